The van der Waals surface area contributed by atoms with Crippen molar-refractivity contribution >= 4 is 5.97 Å². The van der Waals surface area contributed by atoms with Crippen molar-refractivity contribution in [3.8, 4) is 0 Å². The lowest BCUT2D eigenvalue weighted by atomic mass is 9.89. The van der Waals surface area contributed by atoms with Crippen molar-refractivity contribution in [3.63, 3.8) is 0 Å². The number of hydrogen-bond acceptors (Lipinski definition) is 3. The molecule has 0 amide bonds. The number of carbonyl (C=O) groups is 1. The monoisotopic (exact) mass is 156 g/mol. The van der Waals surface area contributed by atoms with Crippen LogP contribution in [0.3, 0.4) is 0 Å². The minimum atomic E-state index is -0.0704. The van der Waals surface area contributed by atoms with E-state index in [9.17, 15) is 4.79 Å². The van der Waals surface area contributed by atoms with Gasteiger partial charge in [-0.15, -0.1) is 0 Å². The molecule has 3 nitrogen and oxygen atoms in total. The number of esters is 1. The summed E-state index contributed by atoms with van der Waals surface area (Å²) in [4.78, 5) is 11.1. The number of carbonyl (C=O) groups excluding carboxylic acids is 1. The number of rotatable bonds is 1. The first-order chi connectivity index (χ1) is 5.31. The fourth-order valence-corrected chi connectivity index (χ4v) is 1.78. The van der Waals surface area contributed by atoms with Crippen molar-refractivity contribution in [1.82, 2.24) is 0 Å². The van der Waals surface area contributed by atoms with Crippen LogP contribution in [0, 0.1) is 5.92 Å². The van der Waals surface area contributed by atoms with Crippen molar-refractivity contribution in [2.75, 3.05) is 7.11 Å². The second kappa shape index (κ2) is 2.48. The van der Waals surface area contributed by atoms with Gasteiger partial charge in [0.1, 0.15) is 0 Å². The van der Waals surface area contributed by atoms with Crippen LogP contribution in [0.15, 0.2) is 0 Å². The second-order valence-corrected chi connectivity index (χ2v) is 3.25. The summed E-state index contributed by atoms with van der Waals surface area (Å²) < 4.78 is 9.96. The molecule has 2 rings (SSSR count). The summed E-state index contributed by atoms with van der Waals surface area (Å²) in [5.74, 6) is 0.0303. The zero-order valence-electron chi connectivity index (χ0n) is 6.58. The van der Waals surface area contributed by atoms with Gasteiger partial charge in [-0.3, -0.25) is 4.79 Å². The largest absolute Gasteiger partial charge is 0.469 e. The summed E-state index contributed by atoms with van der Waals surface area (Å²) in [6, 6.07) is 0. The van der Waals surface area contributed by atoms with E-state index in [1.807, 2.05) is 0 Å². The summed E-state index contributed by atoms with van der Waals surface area (Å²) in [6.45, 7) is 0. The van der Waals surface area contributed by atoms with Crippen molar-refractivity contribution < 1.29 is 14.3 Å². The Balaban J connectivity index is 1.89. The Hall–Kier alpha value is -0.570. The molecule has 2 aliphatic rings. The van der Waals surface area contributed by atoms with Crippen LogP contribution >= 0.6 is 0 Å². The first-order valence-corrected chi connectivity index (χ1v) is 4.04. The fourth-order valence-electron chi connectivity index (χ4n) is 1.78. The smallest absolute Gasteiger partial charge is 0.308 e. The van der Waals surface area contributed by atoms with Crippen LogP contribution in [0.5, 0.6) is 0 Å². The van der Waals surface area contributed by atoms with Crippen molar-refractivity contribution in [1.29, 1.82) is 0 Å². The summed E-state index contributed by atoms with van der Waals surface area (Å²) in [5, 5.41) is 0. The molecule has 1 heterocycles. The minimum Gasteiger partial charge on any atom is -0.469 e. The molecular weight excluding hydrogens is 144 g/mol. The average molecular weight is 156 g/mol. The number of hydrogen-bond donors (Lipinski definition) is 0. The Kier molecular flexibility index (Phi) is 1.60. The van der Waals surface area contributed by atoms with Gasteiger partial charge in [-0.05, 0) is 19.3 Å². The van der Waals surface area contributed by atoms with E-state index >= 15 is 0 Å². The number of fused-ring (bicyclic) bond motifs is 1. The molecule has 0 spiro atoms. The Morgan fingerprint density at radius 1 is 1.45 bits per heavy atom. The molecule has 11 heavy (non-hydrogen) atoms. The van der Waals surface area contributed by atoms with Crippen LogP contribution in [0.4, 0.5) is 0 Å². The van der Waals surface area contributed by atoms with Crippen molar-refractivity contribution in [2.24, 2.45) is 5.92 Å². The van der Waals surface area contributed by atoms with Gasteiger partial charge in [0.25, 0.3) is 0 Å². The van der Waals surface area contributed by atoms with Gasteiger partial charge in [0.15, 0.2) is 0 Å². The maximum Gasteiger partial charge on any atom is 0.308 e. The zero-order chi connectivity index (χ0) is 7.84. The number of methoxy groups -OCH3 is 1. The highest BCUT2D eigenvalue weighted by atomic mass is 16.6. The van der Waals surface area contributed by atoms with Gasteiger partial charge in [-0.2, -0.15) is 0 Å². The molecule has 3 heteroatoms. The molecule has 3 atom stereocenters. The first-order valence-electron chi connectivity index (χ1n) is 4.04. The molecule has 2 fully saturated rings. The maximum absolute atomic E-state index is 11.1. The molecule has 0 aromatic heterocycles. The van der Waals surface area contributed by atoms with Crippen LogP contribution in [0.1, 0.15) is 19.3 Å². The van der Waals surface area contributed by atoms with Gasteiger partial charge in [-0.25, -0.2) is 0 Å². The second-order valence-electron chi connectivity index (χ2n) is 3.25. The molecule has 3 unspecified atom stereocenters. The Bertz CT molecular complexity index is 178. The van der Waals surface area contributed by atoms with Gasteiger partial charge >= 0.3 is 5.97 Å². The lowest BCUT2D eigenvalue weighted by Crippen LogP contribution is -2.22. The highest BCUT2D eigenvalue weighted by Crippen LogP contribution is 2.39. The van der Waals surface area contributed by atoms with Crippen LogP contribution in [-0.4, -0.2) is 25.3 Å². The third kappa shape index (κ3) is 1.25. The minimum absolute atomic E-state index is 0.0704. The van der Waals surface area contributed by atoms with Crippen molar-refractivity contribution in [2.45, 2.75) is 31.5 Å². The molecule has 1 saturated heterocycles. The number of ether oxygens (including phenoxy) is 2. The SMILES string of the molecule is COC(=O)C1CCC2OC2C1. The van der Waals surface area contributed by atoms with Crippen LogP contribution in [-0.2, 0) is 14.3 Å². The highest BCUT2D eigenvalue weighted by Gasteiger charge is 2.45. The molecule has 0 N–H and O–H groups in total. The first kappa shape index (κ1) is 7.10. The van der Waals surface area contributed by atoms with E-state index in [-0.39, 0.29) is 11.9 Å². The van der Waals surface area contributed by atoms with E-state index in [0.717, 1.165) is 19.3 Å². The standard InChI is InChI=1S/C8H12O3/c1-10-8(9)5-2-3-6-7(4-5)11-6/h5-7H,2-4H2,1H3. The van der Waals surface area contributed by atoms with Gasteiger partial charge in [0.05, 0.1) is 25.2 Å². The Morgan fingerprint density at radius 3 is 2.91 bits per heavy atom. The van der Waals surface area contributed by atoms with Crippen LogP contribution < -0.4 is 0 Å². The molecule has 0 bridgehead atoms. The summed E-state index contributed by atoms with van der Waals surface area (Å²) in [7, 11) is 1.45. The van der Waals surface area contributed by atoms with Gasteiger partial charge in [-0.1, -0.05) is 0 Å². The van der Waals surface area contributed by atoms with Crippen molar-refractivity contribution in [3.05, 3.63) is 0 Å². The van der Waals surface area contributed by atoms with Gasteiger partial charge in [0, 0.05) is 0 Å². The lowest BCUT2D eigenvalue weighted by Gasteiger charge is -2.15. The Morgan fingerprint density at radius 2 is 2.27 bits per heavy atom. The molecule has 0 aromatic rings. The summed E-state index contributed by atoms with van der Waals surface area (Å²) >= 11 is 0. The predicted molar refractivity (Wildman–Crippen MR) is 38.0 cm³/mol. The summed E-state index contributed by atoms with van der Waals surface area (Å²) in [6.07, 6.45) is 3.68. The van der Waals surface area contributed by atoms with E-state index in [2.05, 4.69) is 4.74 Å². The van der Waals surface area contributed by atoms with E-state index in [1.54, 1.807) is 0 Å². The van der Waals surface area contributed by atoms with E-state index < -0.39 is 0 Å². The molecule has 0 radical (unpaired) electrons. The lowest BCUT2D eigenvalue weighted by molar-refractivity contribution is -0.146. The van der Waals surface area contributed by atoms with E-state index in [1.165, 1.54) is 7.11 Å². The normalized spacial score (nSPS) is 41.0. The third-order valence-corrected chi connectivity index (χ3v) is 2.54. The molecule has 62 valence electrons. The quantitative estimate of drug-likeness (QED) is 0.415. The maximum atomic E-state index is 11.1. The molecular formula is C8H12O3. The molecule has 0 aromatic carbocycles. The summed E-state index contributed by atoms with van der Waals surface area (Å²) in [5.41, 5.74) is 0. The van der Waals surface area contributed by atoms with Gasteiger partial charge in [0.2, 0.25) is 0 Å². The fraction of sp³-hybridized carbons (Fsp3) is 0.875. The van der Waals surface area contributed by atoms with E-state index in [4.69, 9.17) is 4.74 Å². The van der Waals surface area contributed by atoms with Gasteiger partial charge < -0.3 is 9.47 Å². The van der Waals surface area contributed by atoms with Crippen LogP contribution in [0.25, 0.3) is 0 Å². The topological polar surface area (TPSA) is 38.8 Å². The predicted octanol–water partition coefficient (Wildman–Crippen LogP) is 0.727. The zero-order valence-corrected chi connectivity index (χ0v) is 6.58. The van der Waals surface area contributed by atoms with Crippen LogP contribution in [0.2, 0.25) is 0 Å². The highest BCUT2D eigenvalue weighted by molar-refractivity contribution is 5.72. The molecule has 1 aliphatic carbocycles. The number of epoxide rings is 1. The van der Waals surface area contributed by atoms with E-state index in [0.29, 0.717) is 12.2 Å². The molecule has 1 aliphatic heterocycles. The Labute approximate surface area is 65.7 Å². The third-order valence-electron chi connectivity index (χ3n) is 2.54. The average Bonchev–Trinajstić information content (AvgIpc) is 2.80. The molecule has 1 saturated carbocycles.